The van der Waals surface area contributed by atoms with Gasteiger partial charge in [-0.25, -0.2) is 18.2 Å². The standard InChI is InChI=1S/C23H21F6N5O3.ClH/c1-31-21(36)18-3-2-17(37-18)20-16-10-33(4-5-34(16)22(32-20)23(27,28)29)19(35)8-12(30)6-11-7-14(25)15(26)9-13(11)24;/h2-3,7,9,12H,4-6,8,10,30H2,1H3,(H,31,36);1H. The van der Waals surface area contributed by atoms with Gasteiger partial charge in [-0.1, -0.05) is 0 Å². The van der Waals surface area contributed by atoms with Crippen molar-refractivity contribution < 1.29 is 40.3 Å². The number of fused-ring (bicyclic) bond motifs is 1. The SMILES string of the molecule is CNC(=O)c1ccc(-c2nc(C(F)(F)F)n3c2CN(C(=O)CC(N)Cc2cc(F)c(F)cc2F)CC3)o1.Cl. The average Bonchev–Trinajstić information content (AvgIpc) is 3.46. The Labute approximate surface area is 218 Å². The minimum atomic E-state index is -4.79. The van der Waals surface area contributed by atoms with Gasteiger partial charge in [0.15, 0.2) is 23.2 Å². The first kappa shape index (κ1) is 29.0. The van der Waals surface area contributed by atoms with E-state index in [-0.39, 0.29) is 73.4 Å². The summed E-state index contributed by atoms with van der Waals surface area (Å²) in [5.74, 6) is -6.14. The van der Waals surface area contributed by atoms with Gasteiger partial charge < -0.3 is 24.9 Å². The van der Waals surface area contributed by atoms with Crippen molar-refractivity contribution in [3.05, 3.63) is 64.6 Å². The normalized spacial score (nSPS) is 14.1. The number of amides is 2. The van der Waals surface area contributed by atoms with Crippen molar-refractivity contribution in [1.29, 1.82) is 0 Å². The molecule has 0 fully saturated rings. The quantitative estimate of drug-likeness (QED) is 0.350. The molecule has 1 atom stereocenters. The third kappa shape index (κ3) is 5.80. The van der Waals surface area contributed by atoms with Gasteiger partial charge in [0.05, 0.1) is 12.2 Å². The first-order chi connectivity index (χ1) is 17.4. The van der Waals surface area contributed by atoms with E-state index in [0.717, 1.165) is 4.57 Å². The van der Waals surface area contributed by atoms with Crippen LogP contribution in [0.2, 0.25) is 0 Å². The number of benzene rings is 1. The van der Waals surface area contributed by atoms with E-state index in [4.69, 9.17) is 10.2 Å². The molecule has 3 aromatic rings. The van der Waals surface area contributed by atoms with Crippen molar-refractivity contribution in [3.8, 4) is 11.5 Å². The lowest BCUT2D eigenvalue weighted by atomic mass is 10.0. The summed E-state index contributed by atoms with van der Waals surface area (Å²) in [5, 5.41) is 2.34. The van der Waals surface area contributed by atoms with Crippen molar-refractivity contribution in [2.24, 2.45) is 5.73 Å². The Hall–Kier alpha value is -3.52. The van der Waals surface area contributed by atoms with Crippen molar-refractivity contribution in [2.75, 3.05) is 13.6 Å². The number of aromatic nitrogens is 2. The first-order valence-corrected chi connectivity index (χ1v) is 11.0. The maximum Gasteiger partial charge on any atom is 0.449 e. The molecule has 38 heavy (non-hydrogen) atoms. The van der Waals surface area contributed by atoms with Gasteiger partial charge in [0, 0.05) is 38.7 Å². The van der Waals surface area contributed by atoms with Crippen LogP contribution in [0.25, 0.3) is 11.5 Å². The molecule has 1 unspecified atom stereocenters. The van der Waals surface area contributed by atoms with Crippen LogP contribution in [0.4, 0.5) is 26.3 Å². The molecular weight excluding hydrogens is 544 g/mol. The number of carbonyl (C=O) groups is 2. The molecule has 1 aliphatic heterocycles. The van der Waals surface area contributed by atoms with Gasteiger partial charge in [0.1, 0.15) is 11.5 Å². The van der Waals surface area contributed by atoms with E-state index >= 15 is 0 Å². The predicted octanol–water partition coefficient (Wildman–Crippen LogP) is 3.66. The second-order valence-electron chi connectivity index (χ2n) is 8.46. The van der Waals surface area contributed by atoms with Crippen LogP contribution >= 0.6 is 12.4 Å². The lowest BCUT2D eigenvalue weighted by Gasteiger charge is -2.30. The fourth-order valence-electron chi connectivity index (χ4n) is 4.13. The van der Waals surface area contributed by atoms with E-state index in [0.29, 0.717) is 12.1 Å². The van der Waals surface area contributed by atoms with Crippen molar-refractivity contribution in [3.63, 3.8) is 0 Å². The second kappa shape index (κ2) is 11.1. The fraction of sp³-hybridized carbons (Fsp3) is 0.348. The van der Waals surface area contributed by atoms with Gasteiger partial charge in [-0.15, -0.1) is 12.4 Å². The number of rotatable bonds is 6. The third-order valence-electron chi connectivity index (χ3n) is 5.91. The fourth-order valence-corrected chi connectivity index (χ4v) is 4.13. The maximum absolute atomic E-state index is 13.9. The van der Waals surface area contributed by atoms with Crippen molar-refractivity contribution >= 4 is 24.2 Å². The third-order valence-corrected chi connectivity index (χ3v) is 5.91. The molecule has 3 heterocycles. The molecule has 3 N–H and O–H groups in total. The molecular formula is C23H22ClF6N5O3. The number of imidazole rings is 1. The van der Waals surface area contributed by atoms with Crippen LogP contribution in [0.3, 0.4) is 0 Å². The topological polar surface area (TPSA) is 106 Å². The number of alkyl halides is 3. The molecule has 2 aromatic heterocycles. The van der Waals surface area contributed by atoms with E-state index in [1.54, 1.807) is 0 Å². The Morgan fingerprint density at radius 2 is 1.82 bits per heavy atom. The molecule has 0 aliphatic carbocycles. The monoisotopic (exact) mass is 565 g/mol. The number of furan rings is 1. The smallest absolute Gasteiger partial charge is 0.449 e. The zero-order valence-corrected chi connectivity index (χ0v) is 20.6. The summed E-state index contributed by atoms with van der Waals surface area (Å²) in [4.78, 5) is 29.7. The first-order valence-electron chi connectivity index (χ1n) is 11.0. The number of nitrogens with zero attached hydrogens (tertiary/aromatic N) is 3. The molecule has 0 radical (unpaired) electrons. The molecule has 4 rings (SSSR count). The molecule has 15 heteroatoms. The highest BCUT2D eigenvalue weighted by Crippen LogP contribution is 2.36. The highest BCUT2D eigenvalue weighted by molar-refractivity contribution is 5.91. The summed E-state index contributed by atoms with van der Waals surface area (Å²) in [5.41, 5.74) is 5.60. The summed E-state index contributed by atoms with van der Waals surface area (Å²) < 4.78 is 87.9. The molecule has 0 bridgehead atoms. The zero-order valence-electron chi connectivity index (χ0n) is 19.7. The van der Waals surface area contributed by atoms with Gasteiger partial charge >= 0.3 is 6.18 Å². The van der Waals surface area contributed by atoms with Crippen LogP contribution in [0, 0.1) is 17.5 Å². The van der Waals surface area contributed by atoms with Crippen LogP contribution in [-0.4, -0.2) is 45.9 Å². The highest BCUT2D eigenvalue weighted by Gasteiger charge is 2.41. The Morgan fingerprint density at radius 3 is 2.47 bits per heavy atom. The number of nitrogens with one attached hydrogen (secondary N) is 1. The average molecular weight is 566 g/mol. The van der Waals surface area contributed by atoms with E-state index in [2.05, 4.69) is 10.3 Å². The largest absolute Gasteiger partial charge is 0.449 e. The predicted molar refractivity (Wildman–Crippen MR) is 124 cm³/mol. The van der Waals surface area contributed by atoms with E-state index in [1.165, 1.54) is 24.1 Å². The van der Waals surface area contributed by atoms with Crippen molar-refractivity contribution in [1.82, 2.24) is 19.8 Å². The van der Waals surface area contributed by atoms with Crippen molar-refractivity contribution in [2.45, 2.75) is 38.1 Å². The minimum absolute atomic E-state index is 0. The Morgan fingerprint density at radius 1 is 1.13 bits per heavy atom. The zero-order chi connectivity index (χ0) is 27.1. The van der Waals surface area contributed by atoms with Gasteiger partial charge in [0.2, 0.25) is 11.7 Å². The number of halogens is 7. The Bertz CT molecular complexity index is 1360. The lowest BCUT2D eigenvalue weighted by Crippen LogP contribution is -2.42. The molecule has 2 amide bonds. The summed E-state index contributed by atoms with van der Waals surface area (Å²) in [6, 6.07) is 2.67. The minimum Gasteiger partial charge on any atom is -0.449 e. The maximum atomic E-state index is 13.9. The van der Waals surface area contributed by atoms with E-state index in [9.17, 15) is 35.9 Å². The van der Waals surface area contributed by atoms with E-state index < -0.39 is 47.3 Å². The number of nitrogens with two attached hydrogens (primary N) is 1. The molecule has 0 spiro atoms. The lowest BCUT2D eigenvalue weighted by molar-refractivity contribution is -0.148. The van der Waals surface area contributed by atoms with E-state index in [1.807, 2.05) is 0 Å². The summed E-state index contributed by atoms with van der Waals surface area (Å²) >= 11 is 0. The molecule has 0 saturated carbocycles. The Kier molecular flexibility index (Phi) is 8.46. The van der Waals surface area contributed by atoms with Gasteiger partial charge in [-0.05, 0) is 30.2 Å². The summed E-state index contributed by atoms with van der Waals surface area (Å²) in [7, 11) is 1.36. The van der Waals surface area contributed by atoms with Crippen LogP contribution in [0.15, 0.2) is 28.7 Å². The van der Waals surface area contributed by atoms with Crippen LogP contribution in [0.5, 0.6) is 0 Å². The van der Waals surface area contributed by atoms with Crippen LogP contribution < -0.4 is 11.1 Å². The van der Waals surface area contributed by atoms with Crippen LogP contribution in [-0.2, 0) is 30.5 Å². The molecule has 1 aliphatic rings. The second-order valence-corrected chi connectivity index (χ2v) is 8.46. The molecule has 206 valence electrons. The molecule has 0 saturated heterocycles. The molecule has 8 nitrogen and oxygen atoms in total. The Balaban J connectivity index is 0.00000400. The number of hydrogen-bond acceptors (Lipinski definition) is 5. The van der Waals surface area contributed by atoms with Gasteiger partial charge in [-0.2, -0.15) is 13.2 Å². The van der Waals surface area contributed by atoms with Gasteiger partial charge in [0.25, 0.3) is 5.91 Å². The molecule has 1 aromatic carbocycles. The summed E-state index contributed by atoms with van der Waals surface area (Å²) in [6.07, 6.45) is -5.37. The van der Waals surface area contributed by atoms with Crippen LogP contribution in [0.1, 0.15) is 34.1 Å². The van der Waals surface area contributed by atoms with Gasteiger partial charge in [-0.3, -0.25) is 9.59 Å². The summed E-state index contributed by atoms with van der Waals surface area (Å²) in [6.45, 7) is -0.572. The number of hydrogen-bond donors (Lipinski definition) is 2. The highest BCUT2D eigenvalue weighted by atomic mass is 35.5. The number of carbonyl (C=O) groups excluding carboxylic acids is 2.